The monoisotopic (exact) mass is 350 g/mol. The maximum Gasteiger partial charge on any atom is 0.345 e. The second kappa shape index (κ2) is 7.07. The summed E-state index contributed by atoms with van der Waals surface area (Å²) in [4.78, 5) is 19.1. The molecule has 132 valence electrons. The molecule has 1 saturated heterocycles. The summed E-state index contributed by atoms with van der Waals surface area (Å²) in [6, 6.07) is 10.3. The Morgan fingerprint density at radius 2 is 1.92 bits per heavy atom. The summed E-state index contributed by atoms with van der Waals surface area (Å²) in [6.07, 6.45) is 8.35. The SMILES string of the molecule is O=C(N1CCC(c2ccccc2F)CC1)N1N=CC=Cc2ncccc21. The van der Waals surface area contributed by atoms with Gasteiger partial charge in [-0.15, -0.1) is 0 Å². The number of allylic oxidation sites excluding steroid dienone is 1. The van der Waals surface area contributed by atoms with E-state index in [1.54, 1.807) is 35.5 Å². The summed E-state index contributed by atoms with van der Waals surface area (Å²) in [6.45, 7) is 1.15. The highest BCUT2D eigenvalue weighted by Gasteiger charge is 2.29. The van der Waals surface area contributed by atoms with Gasteiger partial charge in [0.15, 0.2) is 0 Å². The van der Waals surface area contributed by atoms with Gasteiger partial charge < -0.3 is 4.90 Å². The van der Waals surface area contributed by atoms with Gasteiger partial charge in [-0.25, -0.2) is 9.18 Å². The van der Waals surface area contributed by atoms with Crippen LogP contribution in [0.4, 0.5) is 14.9 Å². The van der Waals surface area contributed by atoms with E-state index < -0.39 is 0 Å². The highest BCUT2D eigenvalue weighted by atomic mass is 19.1. The number of nitrogens with zero attached hydrogens (tertiary/aromatic N) is 4. The predicted molar refractivity (Wildman–Crippen MR) is 99.6 cm³/mol. The molecule has 2 aliphatic heterocycles. The zero-order valence-electron chi connectivity index (χ0n) is 14.3. The van der Waals surface area contributed by atoms with Gasteiger partial charge in [0.05, 0.1) is 11.4 Å². The summed E-state index contributed by atoms with van der Waals surface area (Å²) >= 11 is 0. The fourth-order valence-corrected chi connectivity index (χ4v) is 3.49. The van der Waals surface area contributed by atoms with Gasteiger partial charge in [-0.3, -0.25) is 4.98 Å². The third-order valence-corrected chi connectivity index (χ3v) is 4.86. The van der Waals surface area contributed by atoms with Crippen molar-refractivity contribution < 1.29 is 9.18 Å². The Kier molecular flexibility index (Phi) is 4.48. The largest absolute Gasteiger partial charge is 0.345 e. The average molecular weight is 350 g/mol. The Bertz CT molecular complexity index is 872. The first-order valence-corrected chi connectivity index (χ1v) is 8.73. The number of aromatic nitrogens is 1. The number of carbonyl (C=O) groups is 1. The van der Waals surface area contributed by atoms with Crippen LogP contribution in [0, 0.1) is 5.82 Å². The summed E-state index contributed by atoms with van der Waals surface area (Å²) in [7, 11) is 0. The molecule has 0 N–H and O–H groups in total. The third kappa shape index (κ3) is 3.10. The van der Waals surface area contributed by atoms with Crippen molar-refractivity contribution in [1.29, 1.82) is 0 Å². The van der Waals surface area contributed by atoms with Gasteiger partial charge in [0, 0.05) is 25.5 Å². The number of hydrazone groups is 1. The highest BCUT2D eigenvalue weighted by Crippen LogP contribution is 2.31. The first-order valence-electron chi connectivity index (χ1n) is 8.73. The number of benzene rings is 1. The number of hydrogen-bond acceptors (Lipinski definition) is 3. The second-order valence-electron chi connectivity index (χ2n) is 6.41. The van der Waals surface area contributed by atoms with Crippen molar-refractivity contribution in [3.05, 3.63) is 65.7 Å². The topological polar surface area (TPSA) is 48.8 Å². The fourth-order valence-electron chi connectivity index (χ4n) is 3.49. The number of likely N-dealkylation sites (tertiary alicyclic amines) is 1. The van der Waals surface area contributed by atoms with Gasteiger partial charge in [-0.05, 0) is 54.7 Å². The molecule has 3 heterocycles. The van der Waals surface area contributed by atoms with Crippen LogP contribution in [0.2, 0.25) is 0 Å². The molecule has 0 unspecified atom stereocenters. The first kappa shape index (κ1) is 16.4. The number of amides is 2. The molecule has 0 aliphatic carbocycles. The van der Waals surface area contributed by atoms with Crippen LogP contribution in [0.1, 0.15) is 30.0 Å². The molecule has 0 atom stereocenters. The zero-order chi connectivity index (χ0) is 17.9. The molecule has 0 bridgehead atoms. The van der Waals surface area contributed by atoms with E-state index in [1.165, 1.54) is 11.1 Å². The molecule has 2 aromatic rings. The van der Waals surface area contributed by atoms with E-state index in [0.717, 1.165) is 18.4 Å². The Morgan fingerprint density at radius 1 is 1.12 bits per heavy atom. The number of anilines is 1. The lowest BCUT2D eigenvalue weighted by Crippen LogP contribution is -2.45. The number of fused-ring (bicyclic) bond motifs is 1. The molecule has 0 spiro atoms. The molecular formula is C20H19FN4O. The van der Waals surface area contributed by atoms with Crippen LogP contribution in [0.3, 0.4) is 0 Å². The molecule has 5 nitrogen and oxygen atoms in total. The van der Waals surface area contributed by atoms with Crippen molar-refractivity contribution in [2.45, 2.75) is 18.8 Å². The number of pyridine rings is 1. The maximum absolute atomic E-state index is 14.0. The molecule has 0 radical (unpaired) electrons. The van der Waals surface area contributed by atoms with Crippen LogP contribution in [0.25, 0.3) is 6.08 Å². The molecule has 1 aromatic heterocycles. The minimum atomic E-state index is -0.175. The normalized spacial score (nSPS) is 17.1. The van der Waals surface area contributed by atoms with Crippen molar-refractivity contribution in [3.63, 3.8) is 0 Å². The van der Waals surface area contributed by atoms with Crippen LogP contribution in [0.15, 0.2) is 53.8 Å². The summed E-state index contributed by atoms with van der Waals surface area (Å²) in [5.41, 5.74) is 2.12. The second-order valence-corrected chi connectivity index (χ2v) is 6.41. The van der Waals surface area contributed by atoms with Gasteiger partial charge in [-0.2, -0.15) is 10.1 Å². The summed E-state index contributed by atoms with van der Waals surface area (Å²) in [5, 5.41) is 5.66. The van der Waals surface area contributed by atoms with Gasteiger partial charge >= 0.3 is 6.03 Å². The number of urea groups is 1. The Labute approximate surface area is 151 Å². The minimum absolute atomic E-state index is 0.142. The van der Waals surface area contributed by atoms with Crippen molar-refractivity contribution in [2.24, 2.45) is 5.10 Å². The summed E-state index contributed by atoms with van der Waals surface area (Å²) in [5.74, 6) is -0.0241. The van der Waals surface area contributed by atoms with Crippen LogP contribution in [0.5, 0.6) is 0 Å². The Balaban J connectivity index is 1.49. The molecule has 1 fully saturated rings. The molecule has 0 saturated carbocycles. The Hall–Kier alpha value is -3.02. The van der Waals surface area contributed by atoms with Crippen LogP contribution in [-0.4, -0.2) is 35.2 Å². The fraction of sp³-hybridized carbons (Fsp3) is 0.250. The van der Waals surface area contributed by atoms with Crippen LogP contribution < -0.4 is 5.01 Å². The molecule has 2 amide bonds. The number of piperidine rings is 1. The van der Waals surface area contributed by atoms with E-state index in [9.17, 15) is 9.18 Å². The average Bonchev–Trinajstić information content (AvgIpc) is 2.90. The van der Waals surface area contributed by atoms with Crippen molar-refractivity contribution in [3.8, 4) is 0 Å². The number of rotatable bonds is 1. The molecular weight excluding hydrogens is 331 g/mol. The molecule has 1 aromatic carbocycles. The number of halogens is 1. The van der Waals surface area contributed by atoms with E-state index in [2.05, 4.69) is 10.1 Å². The highest BCUT2D eigenvalue weighted by molar-refractivity contribution is 5.97. The first-order chi connectivity index (χ1) is 12.7. The smallest absolute Gasteiger partial charge is 0.323 e. The molecule has 6 heteroatoms. The quantitative estimate of drug-likeness (QED) is 0.779. The van der Waals surface area contributed by atoms with Crippen LogP contribution in [-0.2, 0) is 0 Å². The van der Waals surface area contributed by atoms with Gasteiger partial charge in [0.25, 0.3) is 0 Å². The standard InChI is InChI=1S/C20H19FN4O/c21-17-6-2-1-5-16(17)15-9-13-24(14-10-15)20(26)25-19-8-4-11-22-18(19)7-3-12-23-25/h1-8,11-12,15H,9-10,13-14H2. The number of carbonyl (C=O) groups excluding carboxylic acids is 1. The van der Waals surface area contributed by atoms with Crippen molar-refractivity contribution >= 4 is 24.0 Å². The van der Waals surface area contributed by atoms with Gasteiger partial charge in [-0.1, -0.05) is 18.2 Å². The van der Waals surface area contributed by atoms with Crippen molar-refractivity contribution in [2.75, 3.05) is 18.1 Å². The van der Waals surface area contributed by atoms with Gasteiger partial charge in [0.1, 0.15) is 5.82 Å². The lowest BCUT2D eigenvalue weighted by Gasteiger charge is -2.34. The van der Waals surface area contributed by atoms with E-state index in [-0.39, 0.29) is 17.8 Å². The third-order valence-electron chi connectivity index (χ3n) is 4.86. The van der Waals surface area contributed by atoms with Gasteiger partial charge in [0.2, 0.25) is 0 Å². The Morgan fingerprint density at radius 3 is 2.73 bits per heavy atom. The van der Waals surface area contributed by atoms with E-state index in [4.69, 9.17) is 0 Å². The van der Waals surface area contributed by atoms with Crippen molar-refractivity contribution in [1.82, 2.24) is 9.88 Å². The minimum Gasteiger partial charge on any atom is -0.323 e. The van der Waals surface area contributed by atoms with E-state index in [0.29, 0.717) is 24.5 Å². The molecule has 26 heavy (non-hydrogen) atoms. The molecule has 4 rings (SSSR count). The summed E-state index contributed by atoms with van der Waals surface area (Å²) < 4.78 is 14.0. The maximum atomic E-state index is 14.0. The van der Waals surface area contributed by atoms with Crippen LogP contribution >= 0.6 is 0 Å². The lowest BCUT2D eigenvalue weighted by atomic mass is 9.89. The lowest BCUT2D eigenvalue weighted by molar-refractivity contribution is 0.187. The van der Waals surface area contributed by atoms with E-state index in [1.807, 2.05) is 24.3 Å². The molecule has 2 aliphatic rings. The van der Waals surface area contributed by atoms with E-state index >= 15 is 0 Å². The zero-order valence-corrected chi connectivity index (χ0v) is 14.3. The number of hydrogen-bond donors (Lipinski definition) is 0. The predicted octanol–water partition coefficient (Wildman–Crippen LogP) is 4.04.